The molecule has 118 valence electrons. The minimum absolute atomic E-state index is 0.172. The van der Waals surface area contributed by atoms with Crippen molar-refractivity contribution in [1.82, 2.24) is 0 Å². The first-order valence-electron chi connectivity index (χ1n) is 8.24. The molecule has 0 bridgehead atoms. The van der Waals surface area contributed by atoms with Crippen molar-refractivity contribution in [2.24, 2.45) is 5.92 Å². The van der Waals surface area contributed by atoms with E-state index in [1.807, 2.05) is 24.3 Å². The first kappa shape index (κ1) is 16.2. The highest BCUT2D eigenvalue weighted by molar-refractivity contribution is 5.50. The number of benzene rings is 1. The highest BCUT2D eigenvalue weighted by atomic mass is 16.5. The quantitative estimate of drug-likeness (QED) is 0.771. The second-order valence-electron chi connectivity index (χ2n) is 6.38. The van der Waals surface area contributed by atoms with E-state index in [0.717, 1.165) is 30.2 Å². The van der Waals surface area contributed by atoms with Gasteiger partial charge in [0.15, 0.2) is 0 Å². The summed E-state index contributed by atoms with van der Waals surface area (Å²) in [6.45, 7) is 2.46. The molecule has 21 heavy (non-hydrogen) atoms. The van der Waals surface area contributed by atoms with E-state index in [2.05, 4.69) is 12.2 Å². The van der Waals surface area contributed by atoms with Gasteiger partial charge in [0.2, 0.25) is 0 Å². The van der Waals surface area contributed by atoms with Crippen LogP contribution in [0.3, 0.4) is 0 Å². The van der Waals surface area contributed by atoms with E-state index in [4.69, 9.17) is 4.74 Å². The molecule has 0 radical (unpaired) electrons. The number of rotatable bonds is 6. The van der Waals surface area contributed by atoms with Crippen LogP contribution in [-0.2, 0) is 0 Å². The molecule has 0 heterocycles. The smallest absolute Gasteiger partial charge is 0.120 e. The van der Waals surface area contributed by atoms with Gasteiger partial charge in [-0.3, -0.25) is 0 Å². The average Bonchev–Trinajstić information content (AvgIpc) is 2.71. The summed E-state index contributed by atoms with van der Waals surface area (Å²) in [5.41, 5.74) is 0.867. The van der Waals surface area contributed by atoms with Crippen LogP contribution in [0.25, 0.3) is 0 Å². The largest absolute Gasteiger partial charge is 0.497 e. The molecule has 0 saturated heterocycles. The molecule has 1 aliphatic carbocycles. The summed E-state index contributed by atoms with van der Waals surface area (Å²) < 4.78 is 5.28. The molecule has 0 aliphatic heterocycles. The van der Waals surface area contributed by atoms with Crippen LogP contribution in [0.5, 0.6) is 5.75 Å². The number of aliphatic hydroxyl groups is 1. The molecule has 2 unspecified atom stereocenters. The van der Waals surface area contributed by atoms with Crippen LogP contribution in [0.4, 0.5) is 5.69 Å². The molecule has 1 aromatic rings. The van der Waals surface area contributed by atoms with E-state index in [-0.39, 0.29) is 12.1 Å². The van der Waals surface area contributed by atoms with Crippen LogP contribution in [-0.4, -0.2) is 24.4 Å². The topological polar surface area (TPSA) is 41.5 Å². The molecular formula is C18H29NO2. The van der Waals surface area contributed by atoms with E-state index in [9.17, 15) is 5.11 Å². The van der Waals surface area contributed by atoms with E-state index in [1.54, 1.807) is 7.11 Å². The van der Waals surface area contributed by atoms with Gasteiger partial charge >= 0.3 is 0 Å². The molecule has 3 nitrogen and oxygen atoms in total. The second kappa shape index (κ2) is 7.69. The molecule has 1 aliphatic rings. The maximum Gasteiger partial charge on any atom is 0.120 e. The molecule has 0 amide bonds. The Morgan fingerprint density at radius 2 is 2.19 bits per heavy atom. The molecule has 3 heteroatoms. The predicted octanol–water partition coefficient (Wildman–Crippen LogP) is 4.22. The Hall–Kier alpha value is -1.22. The summed E-state index contributed by atoms with van der Waals surface area (Å²) >= 11 is 0. The van der Waals surface area contributed by atoms with Crippen molar-refractivity contribution < 1.29 is 9.84 Å². The Morgan fingerprint density at radius 1 is 1.33 bits per heavy atom. The zero-order valence-corrected chi connectivity index (χ0v) is 13.4. The fourth-order valence-electron chi connectivity index (χ4n) is 3.51. The lowest BCUT2D eigenvalue weighted by atomic mass is 9.89. The summed E-state index contributed by atoms with van der Waals surface area (Å²) in [7, 11) is 1.68. The third-order valence-electron chi connectivity index (χ3n) is 4.78. The summed E-state index contributed by atoms with van der Waals surface area (Å²) in [5.74, 6) is 1.68. The van der Waals surface area contributed by atoms with Crippen LogP contribution >= 0.6 is 0 Å². The number of ether oxygens (including phenoxy) is 1. The number of hydrogen-bond donors (Lipinski definition) is 2. The van der Waals surface area contributed by atoms with Gasteiger partial charge in [0, 0.05) is 11.8 Å². The van der Waals surface area contributed by atoms with Crippen molar-refractivity contribution in [3.8, 4) is 5.75 Å². The van der Waals surface area contributed by atoms with Crippen molar-refractivity contribution in [2.45, 2.75) is 57.4 Å². The average molecular weight is 291 g/mol. The van der Waals surface area contributed by atoms with Crippen molar-refractivity contribution in [3.05, 3.63) is 24.3 Å². The third-order valence-corrected chi connectivity index (χ3v) is 4.78. The van der Waals surface area contributed by atoms with Crippen LogP contribution in [0.1, 0.15) is 51.9 Å². The maximum absolute atomic E-state index is 9.98. The van der Waals surface area contributed by atoms with E-state index >= 15 is 0 Å². The van der Waals surface area contributed by atoms with Crippen molar-refractivity contribution in [3.63, 3.8) is 0 Å². The van der Waals surface area contributed by atoms with Crippen LogP contribution in [0, 0.1) is 5.92 Å². The Labute approximate surface area is 128 Å². The highest BCUT2D eigenvalue weighted by Gasteiger charge is 2.32. The van der Waals surface area contributed by atoms with Crippen LogP contribution in [0.15, 0.2) is 24.3 Å². The molecule has 1 fully saturated rings. The normalized spacial score (nSPS) is 26.1. The van der Waals surface area contributed by atoms with Gasteiger partial charge in [-0.1, -0.05) is 38.7 Å². The first-order chi connectivity index (χ1) is 10.2. The Balaban J connectivity index is 2.06. The van der Waals surface area contributed by atoms with Crippen molar-refractivity contribution in [1.29, 1.82) is 0 Å². The fourth-order valence-corrected chi connectivity index (χ4v) is 3.51. The van der Waals surface area contributed by atoms with Crippen LogP contribution in [0.2, 0.25) is 0 Å². The number of nitrogens with one attached hydrogen (secondary N) is 1. The summed E-state index contributed by atoms with van der Waals surface area (Å²) in [5, 5.41) is 13.6. The molecule has 2 rings (SSSR count). The van der Waals surface area contributed by atoms with Gasteiger partial charge < -0.3 is 15.2 Å². The molecule has 2 N–H and O–H groups in total. The SMILES string of the molecule is CCCC1CCCC(CO)(Nc2cccc(OC)c2)CC1. The van der Waals surface area contributed by atoms with Gasteiger partial charge in [-0.15, -0.1) is 0 Å². The minimum Gasteiger partial charge on any atom is -0.497 e. The highest BCUT2D eigenvalue weighted by Crippen LogP contribution is 2.35. The maximum atomic E-state index is 9.98. The van der Waals surface area contributed by atoms with Gasteiger partial charge in [0.25, 0.3) is 0 Å². The fraction of sp³-hybridized carbons (Fsp3) is 0.667. The monoisotopic (exact) mass is 291 g/mol. The van der Waals surface area contributed by atoms with Crippen molar-refractivity contribution >= 4 is 5.69 Å². The Morgan fingerprint density at radius 3 is 2.90 bits per heavy atom. The van der Waals surface area contributed by atoms with Gasteiger partial charge in [-0.2, -0.15) is 0 Å². The predicted molar refractivity (Wildman–Crippen MR) is 87.9 cm³/mol. The lowest BCUT2D eigenvalue weighted by Gasteiger charge is -2.33. The molecule has 2 atom stereocenters. The van der Waals surface area contributed by atoms with Crippen molar-refractivity contribution in [2.75, 3.05) is 19.0 Å². The lowest BCUT2D eigenvalue weighted by molar-refractivity contribution is 0.194. The molecule has 1 aromatic carbocycles. The molecule has 0 aromatic heterocycles. The zero-order chi connectivity index (χ0) is 15.1. The Bertz CT molecular complexity index is 435. The number of aliphatic hydroxyl groups excluding tert-OH is 1. The number of methoxy groups -OCH3 is 1. The third kappa shape index (κ3) is 4.37. The zero-order valence-electron chi connectivity index (χ0n) is 13.4. The first-order valence-corrected chi connectivity index (χ1v) is 8.24. The summed E-state index contributed by atoms with van der Waals surface area (Å²) in [6, 6.07) is 7.99. The molecular weight excluding hydrogens is 262 g/mol. The van der Waals surface area contributed by atoms with Crippen LogP contribution < -0.4 is 10.1 Å². The summed E-state index contributed by atoms with van der Waals surface area (Å²) in [6.07, 6.45) is 8.38. The minimum atomic E-state index is -0.172. The van der Waals surface area contributed by atoms with Gasteiger partial charge in [0.1, 0.15) is 5.75 Å². The number of anilines is 1. The molecule has 0 spiro atoms. The standard InChI is InChI=1S/C18H29NO2/c1-3-6-15-7-5-11-18(14-20,12-10-15)19-16-8-4-9-17(13-16)21-2/h4,8-9,13,15,19-20H,3,5-7,10-12,14H2,1-2H3. The van der Waals surface area contributed by atoms with E-state index < -0.39 is 0 Å². The second-order valence-corrected chi connectivity index (χ2v) is 6.38. The molecule has 1 saturated carbocycles. The number of hydrogen-bond acceptors (Lipinski definition) is 3. The van der Waals surface area contributed by atoms with Gasteiger partial charge in [-0.25, -0.2) is 0 Å². The summed E-state index contributed by atoms with van der Waals surface area (Å²) in [4.78, 5) is 0. The van der Waals surface area contributed by atoms with E-state index in [1.165, 1.54) is 32.1 Å². The van der Waals surface area contributed by atoms with E-state index in [0.29, 0.717) is 0 Å². The lowest BCUT2D eigenvalue weighted by Crippen LogP contribution is -2.41. The van der Waals surface area contributed by atoms with Gasteiger partial charge in [0.05, 0.1) is 19.3 Å². The van der Waals surface area contributed by atoms with Gasteiger partial charge in [-0.05, 0) is 37.3 Å². The Kier molecular flexibility index (Phi) is 5.92.